The molecule has 430 valence electrons. The Morgan fingerprint density at radius 2 is 0.699 bits per heavy atom. The van der Waals surface area contributed by atoms with Gasteiger partial charge in [-0.05, 0) is 233 Å². The van der Waals surface area contributed by atoms with Crippen molar-refractivity contribution in [2.75, 3.05) is 14.9 Å². The molecular weight excluding hydrogens is 1630 g/mol. The fraction of sp³-hybridized carbons (Fsp3) is 0.324. The highest BCUT2D eigenvalue weighted by Gasteiger charge is 2.50. The van der Waals surface area contributed by atoms with Gasteiger partial charge in [0, 0.05) is 64.1 Å². The maximum absolute atomic E-state index is 4.94. The molecule has 8 aliphatic carbocycles. The molecule has 16 rings (SSSR count). The molecule has 2 spiro atoms. The number of alkyl halides is 4. The summed E-state index contributed by atoms with van der Waals surface area (Å²) >= 11 is 24.8. The van der Waals surface area contributed by atoms with Gasteiger partial charge in [0.15, 0.2) is 0 Å². The molecule has 0 fully saturated rings. The fourth-order valence-electron chi connectivity index (χ4n) is 16.2. The predicted octanol–water partition coefficient (Wildman–Crippen LogP) is 25.5. The van der Waals surface area contributed by atoms with Crippen LogP contribution in [-0.2, 0) is 48.3 Å². The second-order valence-electron chi connectivity index (χ2n) is 22.8. The topological polar surface area (TPSA) is 0 Å². The Labute approximate surface area is 576 Å². The first-order valence-electron chi connectivity index (χ1n) is 29.1. The molecule has 0 aromatic heterocycles. The SMILES string of the molecule is BrBr.BrCBr.BrCCCC1(CCCBr)c2ccccc2-c2ccccc21.Brc1ccc2c3c1CCCC31CCCc3c(Br)ccc-2c31.[Cl][Al]([Cl])[Cl].c1cc2c3c(c1)-c1cccc4c1C3(CCC2)CCC4.c1ccc2c(c1)Cc1ccccc1-2. The minimum Gasteiger partial charge on any atom is -0.214 e. The van der Waals surface area contributed by atoms with E-state index in [1.807, 2.05) is 0 Å². The molecule has 0 aliphatic heterocycles. The second-order valence-corrected chi connectivity index (χ2v) is 35.1. The van der Waals surface area contributed by atoms with E-state index in [0.717, 1.165) is 21.3 Å². The molecule has 8 aromatic rings. The maximum Gasteiger partial charge on any atom is 0.643 e. The summed E-state index contributed by atoms with van der Waals surface area (Å²) in [6.45, 7) is 0. The van der Waals surface area contributed by atoms with E-state index in [1.165, 1.54) is 167 Å². The molecule has 0 N–H and O–H groups in total. The van der Waals surface area contributed by atoms with Crippen LogP contribution in [0.3, 0.4) is 0 Å². The van der Waals surface area contributed by atoms with Crippen molar-refractivity contribution in [1.82, 2.24) is 0 Å². The summed E-state index contributed by atoms with van der Waals surface area (Å²) in [4.78, 5) is 0. The molecule has 0 saturated heterocycles. The van der Waals surface area contributed by atoms with Gasteiger partial charge in [0.2, 0.25) is 0 Å². The summed E-state index contributed by atoms with van der Waals surface area (Å²) in [6, 6.07) is 58.5. The van der Waals surface area contributed by atoms with E-state index in [1.54, 1.807) is 55.6 Å². The van der Waals surface area contributed by atoms with Crippen LogP contribution in [0.2, 0.25) is 0 Å². The average Bonchev–Trinajstić information content (AvgIpc) is 1.91. The van der Waals surface area contributed by atoms with Gasteiger partial charge in [0.05, 0.1) is 4.24 Å². The fourth-order valence-corrected chi connectivity index (χ4v) is 17.8. The summed E-state index contributed by atoms with van der Waals surface area (Å²) in [5.74, 6) is 0. The van der Waals surface area contributed by atoms with Crippen LogP contribution in [0.5, 0.6) is 0 Å². The average molecular weight is 1690 g/mol. The molecule has 12 heteroatoms. The lowest BCUT2D eigenvalue weighted by molar-refractivity contribution is 0.376. The van der Waals surface area contributed by atoms with Crippen molar-refractivity contribution in [2.24, 2.45) is 0 Å². The van der Waals surface area contributed by atoms with Gasteiger partial charge in [-0.15, -0.1) is 0 Å². The first-order chi connectivity index (χ1) is 40.6. The third-order valence-corrected chi connectivity index (χ3v) is 21.4. The summed E-state index contributed by atoms with van der Waals surface area (Å²) in [5, 5.41) is 2.15. The predicted molar refractivity (Wildman–Crippen MR) is 390 cm³/mol. The van der Waals surface area contributed by atoms with E-state index < -0.39 is 11.4 Å². The Hall–Kier alpha value is -0.998. The van der Waals surface area contributed by atoms with Gasteiger partial charge >= 0.3 is 11.4 Å². The van der Waals surface area contributed by atoms with Gasteiger partial charge in [-0.25, -0.2) is 30.1 Å². The van der Waals surface area contributed by atoms with Crippen LogP contribution in [0.15, 0.2) is 167 Å². The maximum atomic E-state index is 4.94. The second kappa shape index (κ2) is 29.8. The highest BCUT2D eigenvalue weighted by atomic mass is 80.9. The van der Waals surface area contributed by atoms with Crippen molar-refractivity contribution in [3.8, 4) is 44.5 Å². The molecule has 0 amide bonds. The Kier molecular flexibility index (Phi) is 23.3. The third-order valence-electron chi connectivity index (χ3n) is 18.8. The van der Waals surface area contributed by atoms with Crippen molar-refractivity contribution >= 4 is 165 Å². The Balaban J connectivity index is 0.000000119. The third kappa shape index (κ3) is 12.8. The van der Waals surface area contributed by atoms with Gasteiger partial charge in [0.1, 0.15) is 0 Å². The number of rotatable bonds is 6. The van der Waals surface area contributed by atoms with Crippen molar-refractivity contribution in [2.45, 2.75) is 125 Å². The molecule has 8 aliphatic rings. The van der Waals surface area contributed by atoms with Crippen molar-refractivity contribution in [3.05, 3.63) is 233 Å². The Morgan fingerprint density at radius 3 is 1.11 bits per heavy atom. The quantitative estimate of drug-likeness (QED) is 0.115. The highest BCUT2D eigenvalue weighted by Crippen LogP contribution is 2.63. The van der Waals surface area contributed by atoms with E-state index in [0.29, 0.717) is 10.8 Å². The summed E-state index contributed by atoms with van der Waals surface area (Å²) in [5.41, 5.74) is 31.9. The molecule has 0 nitrogen and oxygen atoms in total. The zero-order valence-corrected chi connectivity index (χ0v) is 62.5. The largest absolute Gasteiger partial charge is 0.643 e. The normalized spacial score (nSPS) is 16.1. The van der Waals surface area contributed by atoms with E-state index in [4.69, 9.17) is 30.1 Å². The molecule has 0 bridgehead atoms. The van der Waals surface area contributed by atoms with Crippen molar-refractivity contribution < 1.29 is 0 Å². The standard InChI is InChI=1S/C19H16Br2.C19H20Br2.C19H18.C13H10.CH2Br2.Al.Br2.3ClH/c20-15-7-5-11-12-6-8-16(21)14-4-2-10-19(18(12)14)9-1-3-13(15)17(11)19;20-13-5-11-19(12-6-14-21)17-9-3-1-7-15(17)16-8-2-4-10-18(16)19;1-5-13-7-3-11-19-12-4-8-14-6-2-10-16(18(14)19)15(9-1)17(13)19;1-3-7-12-10(5-1)9-11-6-2-4-8-13(11)12;2-1-3;;1-2;;;/h5-8H,1-4,9-10H2;1-4,7-10H,5-6,11-14H2;1-2,5-6,9-10H,3-4,7-8,11-12H2;1-8H,9H2;1H2;;;3*1H/q;;;;;+3;;;;/p-3. The van der Waals surface area contributed by atoms with Gasteiger partial charge in [-0.3, -0.25) is 0 Å². The van der Waals surface area contributed by atoms with Gasteiger partial charge in [-0.1, -0.05) is 241 Å². The number of halogens is 11. The Bertz CT molecular complexity index is 3350. The molecule has 83 heavy (non-hydrogen) atoms. The zero-order valence-electron chi connectivity index (χ0n) is 46.4. The molecule has 0 radical (unpaired) electrons. The van der Waals surface area contributed by atoms with Crippen LogP contribution < -0.4 is 0 Å². The number of aryl methyl sites for hydroxylation is 2. The lowest BCUT2D eigenvalue weighted by Gasteiger charge is -2.41. The number of fused-ring (bicyclic) bond motifs is 8. The molecular formula is C71H66AlBr8Cl3. The van der Waals surface area contributed by atoms with Crippen LogP contribution in [0.25, 0.3) is 44.5 Å². The lowest BCUT2D eigenvalue weighted by Crippen LogP contribution is -2.33. The lowest BCUT2D eigenvalue weighted by atomic mass is 9.62. The van der Waals surface area contributed by atoms with E-state index in [-0.39, 0.29) is 5.41 Å². The summed E-state index contributed by atoms with van der Waals surface area (Å²) < 4.78 is 3.51. The number of benzene rings is 8. The van der Waals surface area contributed by atoms with Crippen LogP contribution in [0, 0.1) is 0 Å². The van der Waals surface area contributed by atoms with Crippen molar-refractivity contribution in [3.63, 3.8) is 0 Å². The Morgan fingerprint density at radius 1 is 0.373 bits per heavy atom. The summed E-state index contributed by atoms with van der Waals surface area (Å²) in [6.07, 6.45) is 21.8. The first kappa shape index (κ1) is 65.0. The molecule has 0 atom stereocenters. The van der Waals surface area contributed by atoms with Crippen LogP contribution >= 0.6 is 154 Å². The van der Waals surface area contributed by atoms with Crippen molar-refractivity contribution in [1.29, 1.82) is 0 Å². The van der Waals surface area contributed by atoms with Crippen LogP contribution in [0.4, 0.5) is 0 Å². The number of hydrogen-bond acceptors (Lipinski definition) is 0. The zero-order chi connectivity index (χ0) is 58.3. The monoisotopic (exact) mass is 1680 g/mol. The van der Waals surface area contributed by atoms with Gasteiger partial charge < -0.3 is 0 Å². The number of hydrogen-bond donors (Lipinski definition) is 0. The smallest absolute Gasteiger partial charge is 0.214 e. The minimum atomic E-state index is -1.72. The highest BCUT2D eigenvalue weighted by molar-refractivity contribution is 9.93. The molecule has 0 unspecified atom stereocenters. The van der Waals surface area contributed by atoms with Gasteiger partial charge in [-0.2, -0.15) is 0 Å². The first-order valence-corrected chi connectivity index (χ1v) is 44.1. The van der Waals surface area contributed by atoms with Crippen LogP contribution in [-0.4, -0.2) is 26.3 Å². The van der Waals surface area contributed by atoms with Gasteiger partial charge in [0.25, 0.3) is 0 Å². The minimum absolute atomic E-state index is 0.203. The molecule has 0 saturated carbocycles. The van der Waals surface area contributed by atoms with Crippen LogP contribution in [0.1, 0.15) is 144 Å². The van der Waals surface area contributed by atoms with E-state index in [9.17, 15) is 0 Å². The van der Waals surface area contributed by atoms with E-state index in [2.05, 4.69) is 282 Å². The molecule has 0 heterocycles. The summed E-state index contributed by atoms with van der Waals surface area (Å²) in [7, 11) is 14.8. The van der Waals surface area contributed by atoms with E-state index >= 15 is 0 Å². The molecule has 8 aromatic carbocycles.